The van der Waals surface area contributed by atoms with Gasteiger partial charge in [-0.05, 0) is 31.5 Å². The topological polar surface area (TPSA) is 32.5 Å². The van der Waals surface area contributed by atoms with Crippen LogP contribution in [-0.4, -0.2) is 49.1 Å². The van der Waals surface area contributed by atoms with Crippen molar-refractivity contribution in [2.45, 2.75) is 45.2 Å². The Bertz CT molecular complexity index is 435. The number of hydrogen-bond donors (Lipinski definition) is 1. The summed E-state index contributed by atoms with van der Waals surface area (Å²) in [6.07, 6.45) is 0. The molecule has 0 amide bonds. The third-order valence-corrected chi connectivity index (χ3v) is 5.96. The Morgan fingerprint density at radius 1 is 1.35 bits per heavy atom. The predicted octanol–water partition coefficient (Wildman–Crippen LogP) is 2.68. The molecule has 0 bridgehead atoms. The average molecular weight is 295 g/mol. The number of hydrogen-bond acceptors (Lipinski definition) is 4. The fourth-order valence-electron chi connectivity index (χ4n) is 2.74. The first-order valence-electron chi connectivity index (χ1n) is 7.57. The van der Waals surface area contributed by atoms with E-state index in [1.807, 2.05) is 11.3 Å². The first-order valence-corrected chi connectivity index (χ1v) is 8.39. The molecule has 0 aromatic carbocycles. The van der Waals surface area contributed by atoms with E-state index in [2.05, 4.69) is 56.7 Å². The molecular formula is C16H29N3S. The highest BCUT2D eigenvalue weighted by Gasteiger charge is 2.28. The zero-order valence-electron chi connectivity index (χ0n) is 13.5. The van der Waals surface area contributed by atoms with Crippen LogP contribution in [-0.2, 0) is 5.41 Å². The maximum Gasteiger partial charge on any atom is 0.0565 e. The predicted molar refractivity (Wildman–Crippen MR) is 88.5 cm³/mol. The van der Waals surface area contributed by atoms with Crippen molar-refractivity contribution in [3.05, 3.63) is 21.9 Å². The first-order chi connectivity index (χ1) is 9.32. The summed E-state index contributed by atoms with van der Waals surface area (Å²) in [5.41, 5.74) is 6.32. The third kappa shape index (κ3) is 3.42. The second-order valence-electron chi connectivity index (χ2n) is 7.03. The van der Waals surface area contributed by atoms with Gasteiger partial charge in [0.1, 0.15) is 0 Å². The van der Waals surface area contributed by atoms with Gasteiger partial charge in [-0.2, -0.15) is 0 Å². The Morgan fingerprint density at radius 2 is 2.05 bits per heavy atom. The van der Waals surface area contributed by atoms with Crippen LogP contribution in [0.5, 0.6) is 0 Å². The summed E-state index contributed by atoms with van der Waals surface area (Å²) in [5, 5.41) is 0. The Kier molecular flexibility index (Phi) is 4.90. The molecule has 2 unspecified atom stereocenters. The van der Waals surface area contributed by atoms with E-state index in [9.17, 15) is 0 Å². The quantitative estimate of drug-likeness (QED) is 0.930. The van der Waals surface area contributed by atoms with E-state index in [1.54, 1.807) is 0 Å². The summed E-state index contributed by atoms with van der Waals surface area (Å²) in [5.74, 6) is 0. The minimum atomic E-state index is 0.234. The number of piperazine rings is 1. The van der Waals surface area contributed by atoms with E-state index in [-0.39, 0.29) is 5.41 Å². The highest BCUT2D eigenvalue weighted by Crippen LogP contribution is 2.34. The molecular weight excluding hydrogens is 266 g/mol. The molecule has 1 saturated heterocycles. The van der Waals surface area contributed by atoms with Crippen molar-refractivity contribution in [2.75, 3.05) is 33.2 Å². The van der Waals surface area contributed by atoms with E-state index in [4.69, 9.17) is 5.73 Å². The lowest BCUT2D eigenvalue weighted by Crippen LogP contribution is -2.52. The average Bonchev–Trinajstić information content (AvgIpc) is 2.84. The van der Waals surface area contributed by atoms with Gasteiger partial charge in [0.25, 0.3) is 0 Å². The van der Waals surface area contributed by atoms with Crippen LogP contribution in [0.4, 0.5) is 0 Å². The van der Waals surface area contributed by atoms with Crippen molar-refractivity contribution in [2.24, 2.45) is 5.73 Å². The molecule has 114 valence electrons. The Balaban J connectivity index is 2.14. The first kappa shape index (κ1) is 16.0. The SMILES string of the molecule is CC1CN(C(CN)c2ccc(C(C)(C)C)s2)CCN1C. The second-order valence-corrected chi connectivity index (χ2v) is 8.14. The van der Waals surface area contributed by atoms with Crippen LogP contribution in [0.3, 0.4) is 0 Å². The summed E-state index contributed by atoms with van der Waals surface area (Å²) in [6.45, 7) is 13.2. The molecule has 1 aromatic rings. The van der Waals surface area contributed by atoms with Crippen LogP contribution in [0.2, 0.25) is 0 Å². The Labute approximate surface area is 127 Å². The lowest BCUT2D eigenvalue weighted by molar-refractivity contribution is 0.0752. The van der Waals surface area contributed by atoms with Gasteiger partial charge in [0.15, 0.2) is 0 Å². The Hall–Kier alpha value is -0.420. The highest BCUT2D eigenvalue weighted by atomic mass is 32.1. The lowest BCUT2D eigenvalue weighted by Gasteiger charge is -2.41. The summed E-state index contributed by atoms with van der Waals surface area (Å²) in [6, 6.07) is 5.56. The van der Waals surface area contributed by atoms with Gasteiger partial charge < -0.3 is 10.6 Å². The fourth-order valence-corrected chi connectivity index (χ4v) is 3.95. The van der Waals surface area contributed by atoms with Crippen molar-refractivity contribution in [1.82, 2.24) is 9.80 Å². The van der Waals surface area contributed by atoms with Gasteiger partial charge in [-0.25, -0.2) is 0 Å². The van der Waals surface area contributed by atoms with Crippen molar-refractivity contribution in [1.29, 1.82) is 0 Å². The van der Waals surface area contributed by atoms with Crippen molar-refractivity contribution in [3.8, 4) is 0 Å². The standard InChI is InChI=1S/C16H29N3S/c1-12-11-19(9-8-18(12)5)13(10-17)14-6-7-15(20-14)16(2,3)4/h6-7,12-13H,8-11,17H2,1-5H3. The number of nitrogens with zero attached hydrogens (tertiary/aromatic N) is 2. The molecule has 2 atom stereocenters. The monoisotopic (exact) mass is 295 g/mol. The van der Waals surface area contributed by atoms with Crippen LogP contribution in [0.1, 0.15) is 43.5 Å². The molecule has 1 aliphatic rings. The molecule has 1 aliphatic heterocycles. The van der Waals surface area contributed by atoms with Gasteiger partial charge in [0.05, 0.1) is 6.04 Å². The van der Waals surface area contributed by atoms with Gasteiger partial charge >= 0.3 is 0 Å². The van der Waals surface area contributed by atoms with E-state index in [0.717, 1.165) is 19.6 Å². The number of likely N-dealkylation sites (N-methyl/N-ethyl adjacent to an activating group) is 1. The molecule has 3 nitrogen and oxygen atoms in total. The molecule has 0 spiro atoms. The van der Waals surface area contributed by atoms with E-state index in [1.165, 1.54) is 9.75 Å². The largest absolute Gasteiger partial charge is 0.329 e. The maximum absolute atomic E-state index is 6.09. The third-order valence-electron chi connectivity index (χ3n) is 4.35. The summed E-state index contributed by atoms with van der Waals surface area (Å²) in [4.78, 5) is 7.87. The number of nitrogens with two attached hydrogens (primary N) is 1. The van der Waals surface area contributed by atoms with Gasteiger partial charge in [-0.1, -0.05) is 20.8 Å². The maximum atomic E-state index is 6.09. The number of thiophene rings is 1. The van der Waals surface area contributed by atoms with Gasteiger partial charge in [-0.15, -0.1) is 11.3 Å². The Morgan fingerprint density at radius 3 is 2.55 bits per heavy atom. The van der Waals surface area contributed by atoms with Crippen molar-refractivity contribution < 1.29 is 0 Å². The summed E-state index contributed by atoms with van der Waals surface area (Å²) < 4.78 is 0. The molecule has 4 heteroatoms. The lowest BCUT2D eigenvalue weighted by atomic mass is 9.95. The number of rotatable bonds is 3. The van der Waals surface area contributed by atoms with Crippen molar-refractivity contribution >= 4 is 11.3 Å². The normalized spacial score (nSPS) is 24.0. The molecule has 2 rings (SSSR count). The molecule has 2 N–H and O–H groups in total. The van der Waals surface area contributed by atoms with Crippen LogP contribution in [0.15, 0.2) is 12.1 Å². The van der Waals surface area contributed by atoms with Crippen LogP contribution >= 0.6 is 11.3 Å². The van der Waals surface area contributed by atoms with Gasteiger partial charge in [0.2, 0.25) is 0 Å². The smallest absolute Gasteiger partial charge is 0.0565 e. The van der Waals surface area contributed by atoms with Gasteiger partial charge in [0, 0.05) is 42.0 Å². The molecule has 20 heavy (non-hydrogen) atoms. The highest BCUT2D eigenvalue weighted by molar-refractivity contribution is 7.12. The fraction of sp³-hybridized carbons (Fsp3) is 0.750. The zero-order chi connectivity index (χ0) is 14.9. The van der Waals surface area contributed by atoms with E-state index in [0.29, 0.717) is 18.6 Å². The van der Waals surface area contributed by atoms with E-state index < -0.39 is 0 Å². The zero-order valence-corrected chi connectivity index (χ0v) is 14.3. The molecule has 0 saturated carbocycles. The van der Waals surface area contributed by atoms with E-state index >= 15 is 0 Å². The summed E-state index contributed by atoms with van der Waals surface area (Å²) in [7, 11) is 2.21. The molecule has 0 aliphatic carbocycles. The van der Waals surface area contributed by atoms with Gasteiger partial charge in [-0.3, -0.25) is 4.90 Å². The van der Waals surface area contributed by atoms with Crippen LogP contribution in [0.25, 0.3) is 0 Å². The molecule has 0 radical (unpaired) electrons. The second kappa shape index (κ2) is 6.14. The minimum Gasteiger partial charge on any atom is -0.329 e. The van der Waals surface area contributed by atoms with Crippen LogP contribution < -0.4 is 5.73 Å². The molecule has 1 fully saturated rings. The van der Waals surface area contributed by atoms with Crippen LogP contribution in [0, 0.1) is 0 Å². The molecule has 1 aromatic heterocycles. The minimum absolute atomic E-state index is 0.234. The molecule has 2 heterocycles. The van der Waals surface area contributed by atoms with Crippen molar-refractivity contribution in [3.63, 3.8) is 0 Å². The summed E-state index contributed by atoms with van der Waals surface area (Å²) >= 11 is 1.93.